The molecule has 122 valence electrons. The Kier molecular flexibility index (Phi) is 3.74. The van der Waals surface area contributed by atoms with Crippen LogP contribution in [-0.2, 0) is 11.2 Å². The largest absolute Gasteiger partial charge is 0.371 e. The van der Waals surface area contributed by atoms with Crippen LogP contribution < -0.4 is 5.32 Å². The number of hydrogen-bond acceptors (Lipinski definition) is 3. The maximum absolute atomic E-state index is 14.3. The number of pyridine rings is 1. The molecule has 1 aliphatic heterocycles. The summed E-state index contributed by atoms with van der Waals surface area (Å²) in [6, 6.07) is 13.1. The molecule has 6 heteroatoms. The first kappa shape index (κ1) is 14.8. The molecule has 0 saturated carbocycles. The average molecular weight is 325 g/mol. The summed E-state index contributed by atoms with van der Waals surface area (Å²) in [6.45, 7) is 0.892. The second-order valence-corrected chi connectivity index (χ2v) is 5.70. The Labute approximate surface area is 138 Å². The van der Waals surface area contributed by atoms with E-state index in [2.05, 4.69) is 16.4 Å². The van der Waals surface area contributed by atoms with E-state index in [1.807, 2.05) is 18.2 Å². The maximum Gasteiger partial charge on any atom is 0.274 e. The number of rotatable bonds is 3. The minimum absolute atomic E-state index is 0.203. The van der Waals surface area contributed by atoms with Crippen LogP contribution >= 0.6 is 0 Å². The highest BCUT2D eigenvalue weighted by atomic mass is 19.1. The highest BCUT2D eigenvalue weighted by molar-refractivity contribution is 5.93. The van der Waals surface area contributed by atoms with Gasteiger partial charge in [0.2, 0.25) is 5.95 Å². The van der Waals surface area contributed by atoms with Gasteiger partial charge in [-0.2, -0.15) is 4.39 Å². The van der Waals surface area contributed by atoms with Crippen molar-refractivity contribution in [3.8, 4) is 0 Å². The summed E-state index contributed by atoms with van der Waals surface area (Å²) < 4.78 is 21.3. The Morgan fingerprint density at radius 2 is 2.12 bits per heavy atom. The van der Waals surface area contributed by atoms with Crippen LogP contribution in [0.15, 0.2) is 48.7 Å². The zero-order valence-corrected chi connectivity index (χ0v) is 12.9. The summed E-state index contributed by atoms with van der Waals surface area (Å²) in [6.07, 6.45) is 2.18. The number of nitrogens with zero attached hydrogens (tertiary/aromatic N) is 2. The standard InChI is InChI=1S/C18H16FN3O2/c19-17-16(21-15-7-3-4-9-22(15)17)18(23)20-11-14-13-6-2-1-5-12(13)8-10-24-14/h1-7,9,14H,8,10-11H2,(H,20,23)/t14-/m0/s1. The second-order valence-electron chi connectivity index (χ2n) is 5.70. The van der Waals surface area contributed by atoms with Crippen LogP contribution in [0.4, 0.5) is 4.39 Å². The summed E-state index contributed by atoms with van der Waals surface area (Å²) in [7, 11) is 0. The van der Waals surface area contributed by atoms with E-state index < -0.39 is 11.9 Å². The number of benzene rings is 1. The van der Waals surface area contributed by atoms with Crippen LogP contribution in [0.2, 0.25) is 0 Å². The van der Waals surface area contributed by atoms with E-state index in [0.717, 1.165) is 12.0 Å². The fraction of sp³-hybridized carbons (Fsp3) is 0.222. The van der Waals surface area contributed by atoms with Gasteiger partial charge in [0, 0.05) is 12.7 Å². The lowest BCUT2D eigenvalue weighted by Crippen LogP contribution is -2.32. The Morgan fingerprint density at radius 1 is 1.29 bits per heavy atom. The van der Waals surface area contributed by atoms with E-state index in [1.54, 1.807) is 18.2 Å². The first-order chi connectivity index (χ1) is 11.7. The number of ether oxygens (including phenoxy) is 1. The van der Waals surface area contributed by atoms with Gasteiger partial charge in [0.25, 0.3) is 5.91 Å². The molecule has 2 aromatic heterocycles. The van der Waals surface area contributed by atoms with Gasteiger partial charge in [-0.05, 0) is 29.7 Å². The third-order valence-corrected chi connectivity index (χ3v) is 4.23. The molecule has 3 heterocycles. The number of carbonyl (C=O) groups excluding carboxylic acids is 1. The van der Waals surface area contributed by atoms with Crippen molar-refractivity contribution < 1.29 is 13.9 Å². The number of nitrogens with one attached hydrogen (secondary N) is 1. The number of imidazole rings is 1. The van der Waals surface area contributed by atoms with Crippen molar-refractivity contribution >= 4 is 11.6 Å². The van der Waals surface area contributed by atoms with Crippen molar-refractivity contribution in [2.24, 2.45) is 0 Å². The molecule has 1 amide bonds. The summed E-state index contributed by atoms with van der Waals surface area (Å²) in [5.41, 5.74) is 2.49. The predicted octanol–water partition coefficient (Wildman–Crippen LogP) is 2.52. The van der Waals surface area contributed by atoms with Crippen LogP contribution in [0.5, 0.6) is 0 Å². The van der Waals surface area contributed by atoms with Gasteiger partial charge in [0.1, 0.15) is 11.8 Å². The zero-order valence-electron chi connectivity index (χ0n) is 12.9. The molecule has 0 fully saturated rings. The smallest absolute Gasteiger partial charge is 0.274 e. The van der Waals surface area contributed by atoms with E-state index in [-0.39, 0.29) is 18.3 Å². The summed E-state index contributed by atoms with van der Waals surface area (Å²) >= 11 is 0. The first-order valence-corrected chi connectivity index (χ1v) is 7.84. The van der Waals surface area contributed by atoms with Gasteiger partial charge in [-0.3, -0.25) is 9.20 Å². The molecular weight excluding hydrogens is 309 g/mol. The quantitative estimate of drug-likeness (QED) is 0.805. The molecule has 0 unspecified atom stereocenters. The topological polar surface area (TPSA) is 55.6 Å². The van der Waals surface area contributed by atoms with Gasteiger partial charge in [-0.15, -0.1) is 0 Å². The van der Waals surface area contributed by atoms with Gasteiger partial charge in [-0.25, -0.2) is 4.98 Å². The molecule has 1 aliphatic rings. The maximum atomic E-state index is 14.3. The minimum atomic E-state index is -0.659. The second kappa shape index (κ2) is 6.05. The van der Waals surface area contributed by atoms with Gasteiger partial charge >= 0.3 is 0 Å². The van der Waals surface area contributed by atoms with Crippen LogP contribution in [-0.4, -0.2) is 28.4 Å². The highest BCUT2D eigenvalue weighted by Gasteiger charge is 2.23. The normalized spacial score (nSPS) is 16.8. The van der Waals surface area contributed by atoms with E-state index in [1.165, 1.54) is 16.2 Å². The molecule has 3 aromatic rings. The van der Waals surface area contributed by atoms with E-state index in [4.69, 9.17) is 4.74 Å². The number of halogens is 1. The molecule has 5 nitrogen and oxygen atoms in total. The zero-order chi connectivity index (χ0) is 16.5. The van der Waals surface area contributed by atoms with Crippen LogP contribution in [0.3, 0.4) is 0 Å². The third kappa shape index (κ3) is 2.55. The molecule has 24 heavy (non-hydrogen) atoms. The lowest BCUT2D eigenvalue weighted by Gasteiger charge is -2.26. The van der Waals surface area contributed by atoms with Crippen molar-refractivity contribution in [3.05, 3.63) is 71.4 Å². The van der Waals surface area contributed by atoms with Crippen molar-refractivity contribution in [1.82, 2.24) is 14.7 Å². The van der Waals surface area contributed by atoms with Crippen LogP contribution in [0.25, 0.3) is 5.65 Å². The lowest BCUT2D eigenvalue weighted by atomic mass is 9.97. The number of carbonyl (C=O) groups is 1. The Balaban J connectivity index is 1.52. The molecule has 1 aromatic carbocycles. The number of amides is 1. The molecule has 0 spiro atoms. The van der Waals surface area contributed by atoms with Gasteiger partial charge in [-0.1, -0.05) is 30.3 Å². The van der Waals surface area contributed by atoms with E-state index in [0.29, 0.717) is 12.3 Å². The molecule has 4 rings (SSSR count). The first-order valence-electron chi connectivity index (χ1n) is 7.84. The molecular formula is C18H16FN3O2. The Bertz CT molecular complexity index is 906. The summed E-state index contributed by atoms with van der Waals surface area (Å²) in [5, 5.41) is 2.73. The number of hydrogen-bond donors (Lipinski definition) is 1. The van der Waals surface area contributed by atoms with Crippen molar-refractivity contribution in [2.75, 3.05) is 13.2 Å². The fourth-order valence-corrected chi connectivity index (χ4v) is 3.03. The highest BCUT2D eigenvalue weighted by Crippen LogP contribution is 2.26. The van der Waals surface area contributed by atoms with Crippen LogP contribution in [0, 0.1) is 5.95 Å². The number of fused-ring (bicyclic) bond motifs is 2. The Hall–Kier alpha value is -2.73. The molecule has 0 saturated heterocycles. The van der Waals surface area contributed by atoms with E-state index >= 15 is 0 Å². The molecule has 0 aliphatic carbocycles. The monoisotopic (exact) mass is 325 g/mol. The number of aromatic nitrogens is 2. The van der Waals surface area contributed by atoms with Gasteiger partial charge in [0.05, 0.1) is 6.61 Å². The van der Waals surface area contributed by atoms with Crippen molar-refractivity contribution in [1.29, 1.82) is 0 Å². The lowest BCUT2D eigenvalue weighted by molar-refractivity contribution is 0.0410. The molecule has 1 atom stereocenters. The Morgan fingerprint density at radius 3 is 3.00 bits per heavy atom. The van der Waals surface area contributed by atoms with Crippen molar-refractivity contribution in [3.63, 3.8) is 0 Å². The molecule has 0 bridgehead atoms. The van der Waals surface area contributed by atoms with Gasteiger partial charge < -0.3 is 10.1 Å². The van der Waals surface area contributed by atoms with Crippen molar-refractivity contribution in [2.45, 2.75) is 12.5 Å². The summed E-state index contributed by atoms with van der Waals surface area (Å²) in [4.78, 5) is 16.4. The van der Waals surface area contributed by atoms with Crippen LogP contribution in [0.1, 0.15) is 27.7 Å². The SMILES string of the molecule is O=C(NC[C@@H]1OCCc2ccccc21)c1nc2ccccn2c1F. The minimum Gasteiger partial charge on any atom is -0.371 e. The van der Waals surface area contributed by atoms with E-state index in [9.17, 15) is 9.18 Å². The average Bonchev–Trinajstić information content (AvgIpc) is 2.97. The third-order valence-electron chi connectivity index (χ3n) is 4.23. The van der Waals surface area contributed by atoms with Gasteiger partial charge in [0.15, 0.2) is 5.69 Å². The molecule has 0 radical (unpaired) electrons. The molecule has 1 N–H and O–H groups in total. The fourth-order valence-electron chi connectivity index (χ4n) is 3.03. The predicted molar refractivity (Wildman–Crippen MR) is 86.3 cm³/mol. The summed E-state index contributed by atoms with van der Waals surface area (Å²) in [5.74, 6) is -1.20.